The van der Waals surface area contributed by atoms with E-state index in [4.69, 9.17) is 0 Å². The van der Waals surface area contributed by atoms with Gasteiger partial charge in [0.05, 0.1) is 10.2 Å². The molecule has 0 radical (unpaired) electrons. The molecule has 3 rings (SSSR count). The number of carbonyl (C=O) groups is 1. The number of fused-ring (bicyclic) bond motifs is 1. The maximum Gasteiger partial charge on any atom is 0.251 e. The number of hydrogen-bond acceptors (Lipinski definition) is 8. The predicted molar refractivity (Wildman–Crippen MR) is 113 cm³/mol. The minimum Gasteiger partial charge on any atom is -0.361 e. The lowest BCUT2D eigenvalue weighted by molar-refractivity contribution is 0.0963. The fourth-order valence-electron chi connectivity index (χ4n) is 2.40. The molecule has 27 heavy (non-hydrogen) atoms. The zero-order valence-corrected chi connectivity index (χ0v) is 17.1. The number of nitrogens with one attached hydrogen (secondary N) is 3. The van der Waals surface area contributed by atoms with Crippen LogP contribution in [0.2, 0.25) is 0 Å². The van der Waals surface area contributed by atoms with E-state index >= 15 is 0 Å². The fraction of sp³-hybridized carbons (Fsp3) is 0.333. The lowest BCUT2D eigenvalue weighted by atomic mass is 10.2. The molecule has 9 heteroatoms. The first-order valence-corrected chi connectivity index (χ1v) is 10.6. The maximum atomic E-state index is 11.7. The molecule has 1 atom stereocenters. The first-order chi connectivity index (χ1) is 13.1. The second-order valence-electron chi connectivity index (χ2n) is 6.09. The molecule has 0 fully saturated rings. The molecular formula is C18H22N6OS2. The van der Waals surface area contributed by atoms with Crippen LogP contribution in [-0.4, -0.2) is 47.3 Å². The minimum absolute atomic E-state index is 0.0905. The van der Waals surface area contributed by atoms with Gasteiger partial charge in [0, 0.05) is 43.0 Å². The normalized spacial score (nSPS) is 12.0. The Hall–Kier alpha value is -2.39. The standard InChI is InChI=1S/C18H22N6OS2/c1-11(7-20-17-21-9-13(26-3)10-22-17)8-23-18-24-14-5-4-12(16(25)19-2)6-15(14)27-18/h4-6,9-11H,7-8H2,1-3H3,(H,19,25)(H,23,24)(H,20,21,22)/t11-/m0/s1. The van der Waals surface area contributed by atoms with Gasteiger partial charge in [0.2, 0.25) is 5.95 Å². The molecular weight excluding hydrogens is 380 g/mol. The summed E-state index contributed by atoms with van der Waals surface area (Å²) in [7, 11) is 1.63. The van der Waals surface area contributed by atoms with E-state index in [0.717, 1.165) is 33.3 Å². The molecule has 2 aromatic heterocycles. The van der Waals surface area contributed by atoms with Gasteiger partial charge in [-0.2, -0.15) is 0 Å². The van der Waals surface area contributed by atoms with E-state index in [1.165, 1.54) is 0 Å². The van der Waals surface area contributed by atoms with Crippen LogP contribution in [0, 0.1) is 5.92 Å². The number of amides is 1. The van der Waals surface area contributed by atoms with Crippen molar-refractivity contribution >= 4 is 50.3 Å². The number of benzene rings is 1. The van der Waals surface area contributed by atoms with E-state index < -0.39 is 0 Å². The van der Waals surface area contributed by atoms with Crippen LogP contribution < -0.4 is 16.0 Å². The second kappa shape index (κ2) is 9.01. The molecule has 142 valence electrons. The lowest BCUT2D eigenvalue weighted by Crippen LogP contribution is -2.20. The molecule has 0 bridgehead atoms. The molecule has 0 saturated carbocycles. The molecule has 0 aliphatic rings. The Morgan fingerprint density at radius 1 is 1.22 bits per heavy atom. The monoisotopic (exact) mass is 402 g/mol. The molecule has 2 heterocycles. The SMILES string of the molecule is CNC(=O)c1ccc2nc(NC[C@@H](C)CNc3ncc(SC)cn3)sc2c1. The number of hydrogen-bond donors (Lipinski definition) is 3. The average Bonchev–Trinajstić information content (AvgIpc) is 3.12. The van der Waals surface area contributed by atoms with Gasteiger partial charge in [-0.3, -0.25) is 4.79 Å². The quantitative estimate of drug-likeness (QED) is 0.498. The van der Waals surface area contributed by atoms with E-state index in [-0.39, 0.29) is 5.91 Å². The summed E-state index contributed by atoms with van der Waals surface area (Å²) in [5.41, 5.74) is 1.54. The molecule has 0 saturated heterocycles. The van der Waals surface area contributed by atoms with E-state index in [0.29, 0.717) is 17.4 Å². The first kappa shape index (κ1) is 19.4. The largest absolute Gasteiger partial charge is 0.361 e. The third-order valence-electron chi connectivity index (χ3n) is 3.95. The summed E-state index contributed by atoms with van der Waals surface area (Å²) >= 11 is 3.17. The highest BCUT2D eigenvalue weighted by molar-refractivity contribution is 7.98. The highest BCUT2D eigenvalue weighted by Gasteiger charge is 2.10. The van der Waals surface area contributed by atoms with Crippen molar-refractivity contribution in [2.45, 2.75) is 11.8 Å². The molecule has 1 amide bonds. The number of thioether (sulfide) groups is 1. The van der Waals surface area contributed by atoms with Crippen LogP contribution in [0.25, 0.3) is 10.2 Å². The Morgan fingerprint density at radius 3 is 2.67 bits per heavy atom. The predicted octanol–water partition coefficient (Wildman–Crippen LogP) is 3.33. The zero-order chi connectivity index (χ0) is 19.2. The van der Waals surface area contributed by atoms with E-state index in [9.17, 15) is 4.79 Å². The van der Waals surface area contributed by atoms with Gasteiger partial charge >= 0.3 is 0 Å². The van der Waals surface area contributed by atoms with Gasteiger partial charge in [0.25, 0.3) is 5.91 Å². The smallest absolute Gasteiger partial charge is 0.251 e. The van der Waals surface area contributed by atoms with Crippen molar-refractivity contribution in [2.24, 2.45) is 5.92 Å². The Labute approximate surface area is 166 Å². The van der Waals surface area contributed by atoms with Crippen LogP contribution in [0.5, 0.6) is 0 Å². The third-order valence-corrected chi connectivity index (χ3v) is 5.61. The molecule has 0 spiro atoms. The highest BCUT2D eigenvalue weighted by Crippen LogP contribution is 2.27. The lowest BCUT2D eigenvalue weighted by Gasteiger charge is -2.13. The van der Waals surface area contributed by atoms with Crippen molar-refractivity contribution in [1.82, 2.24) is 20.3 Å². The van der Waals surface area contributed by atoms with Crippen LogP contribution >= 0.6 is 23.1 Å². The molecule has 3 aromatic rings. The van der Waals surface area contributed by atoms with Gasteiger partial charge < -0.3 is 16.0 Å². The zero-order valence-electron chi connectivity index (χ0n) is 15.4. The fourth-order valence-corrected chi connectivity index (χ4v) is 3.63. The first-order valence-electron chi connectivity index (χ1n) is 8.55. The van der Waals surface area contributed by atoms with Crippen LogP contribution in [0.4, 0.5) is 11.1 Å². The highest BCUT2D eigenvalue weighted by atomic mass is 32.2. The van der Waals surface area contributed by atoms with Crippen molar-refractivity contribution in [3.8, 4) is 0 Å². The Balaban J connectivity index is 1.53. The summed E-state index contributed by atoms with van der Waals surface area (Å²) in [4.78, 5) is 25.9. The van der Waals surface area contributed by atoms with Crippen molar-refractivity contribution in [2.75, 3.05) is 37.0 Å². The van der Waals surface area contributed by atoms with Crippen LogP contribution in [0.1, 0.15) is 17.3 Å². The van der Waals surface area contributed by atoms with Gasteiger partial charge in [-0.05, 0) is 30.4 Å². The van der Waals surface area contributed by atoms with Crippen molar-refractivity contribution in [3.05, 3.63) is 36.2 Å². The summed E-state index contributed by atoms with van der Waals surface area (Å²) in [5, 5.41) is 10.1. The third kappa shape index (κ3) is 5.08. The van der Waals surface area contributed by atoms with Gasteiger partial charge in [0.15, 0.2) is 5.13 Å². The summed E-state index contributed by atoms with van der Waals surface area (Å²) < 4.78 is 0.992. The molecule has 1 aromatic carbocycles. The molecule has 7 nitrogen and oxygen atoms in total. The number of thiazole rings is 1. The van der Waals surface area contributed by atoms with Crippen molar-refractivity contribution in [1.29, 1.82) is 0 Å². The summed E-state index contributed by atoms with van der Waals surface area (Å²) in [5.74, 6) is 0.913. The van der Waals surface area contributed by atoms with Gasteiger partial charge in [-0.15, -0.1) is 11.8 Å². The molecule has 3 N–H and O–H groups in total. The summed E-state index contributed by atoms with van der Waals surface area (Å²) in [6, 6.07) is 5.54. The topological polar surface area (TPSA) is 91.8 Å². The molecule has 0 aliphatic carbocycles. The number of nitrogens with zero attached hydrogens (tertiary/aromatic N) is 3. The van der Waals surface area contributed by atoms with Crippen molar-refractivity contribution in [3.63, 3.8) is 0 Å². The Bertz CT molecular complexity index is 912. The second-order valence-corrected chi connectivity index (χ2v) is 8.00. The van der Waals surface area contributed by atoms with E-state index in [2.05, 4.69) is 37.8 Å². The minimum atomic E-state index is -0.0905. The Kier molecular flexibility index (Phi) is 6.46. The number of anilines is 2. The van der Waals surface area contributed by atoms with Gasteiger partial charge in [0.1, 0.15) is 0 Å². The van der Waals surface area contributed by atoms with Gasteiger partial charge in [-0.25, -0.2) is 15.0 Å². The van der Waals surface area contributed by atoms with Gasteiger partial charge in [-0.1, -0.05) is 18.3 Å². The number of rotatable bonds is 8. The van der Waals surface area contributed by atoms with E-state index in [1.807, 2.05) is 30.8 Å². The Morgan fingerprint density at radius 2 is 1.96 bits per heavy atom. The maximum absolute atomic E-state index is 11.7. The van der Waals surface area contributed by atoms with Crippen LogP contribution in [0.15, 0.2) is 35.5 Å². The number of aromatic nitrogens is 3. The average molecular weight is 403 g/mol. The van der Waals surface area contributed by atoms with Crippen LogP contribution in [0.3, 0.4) is 0 Å². The summed E-state index contributed by atoms with van der Waals surface area (Å²) in [6.07, 6.45) is 5.63. The summed E-state index contributed by atoms with van der Waals surface area (Å²) in [6.45, 7) is 3.68. The van der Waals surface area contributed by atoms with E-state index in [1.54, 1.807) is 36.2 Å². The molecule has 0 unspecified atom stereocenters. The number of carbonyl (C=O) groups excluding carboxylic acids is 1. The van der Waals surface area contributed by atoms with Crippen molar-refractivity contribution < 1.29 is 4.79 Å². The van der Waals surface area contributed by atoms with Crippen LogP contribution in [-0.2, 0) is 0 Å². The molecule has 0 aliphatic heterocycles.